The zero-order valence-corrected chi connectivity index (χ0v) is 19.8. The molecule has 2 aliphatic rings. The average Bonchev–Trinajstić information content (AvgIpc) is 2.72. The van der Waals surface area contributed by atoms with Gasteiger partial charge in [-0.3, -0.25) is 4.79 Å². The highest BCUT2D eigenvalue weighted by molar-refractivity contribution is 7.89. The number of sulfonamides is 2. The summed E-state index contributed by atoms with van der Waals surface area (Å²) in [6.07, 6.45) is 0.211. The van der Waals surface area contributed by atoms with E-state index in [0.29, 0.717) is 12.8 Å². The maximum atomic E-state index is 13.4. The molecule has 2 fully saturated rings. The van der Waals surface area contributed by atoms with Crippen molar-refractivity contribution in [3.05, 3.63) is 24.3 Å². The number of carbonyl (C=O) groups is 1. The summed E-state index contributed by atoms with van der Waals surface area (Å²) in [5, 5.41) is 0. The predicted octanol–water partition coefficient (Wildman–Crippen LogP) is 2.03. The molecule has 0 bridgehead atoms. The van der Waals surface area contributed by atoms with E-state index in [0.717, 1.165) is 0 Å². The third-order valence-electron chi connectivity index (χ3n) is 5.70. The summed E-state index contributed by atoms with van der Waals surface area (Å²) in [5.74, 6) is -3.63. The topological polar surface area (TPSA) is 104 Å². The van der Waals surface area contributed by atoms with Gasteiger partial charge in [0.15, 0.2) is 0 Å². The Morgan fingerprint density at radius 1 is 1.03 bits per heavy atom. The Kier molecular flexibility index (Phi) is 7.28. The van der Waals surface area contributed by atoms with Crippen molar-refractivity contribution in [1.29, 1.82) is 0 Å². The molecule has 0 aromatic heterocycles. The lowest BCUT2D eigenvalue weighted by atomic mass is 9.96. The molecule has 1 aromatic rings. The minimum atomic E-state index is -3.94. The molecule has 2 heterocycles. The van der Waals surface area contributed by atoms with Gasteiger partial charge in [0.05, 0.1) is 15.7 Å². The standard InChI is InChI=1S/C20H29F2N3O5S2/c1-15(2)23-31(27,28)17-5-7-18(8-6-17)32(29,30)25-11-3-4-16(14-25)19(26)24-12-9-20(21,22)10-13-24/h5-8,15-16,23H,3-4,9-14H2,1-2H3/t16-/m1/s1. The molecule has 3 rings (SSSR count). The number of rotatable bonds is 6. The number of nitrogens with zero attached hydrogens (tertiary/aromatic N) is 2. The molecule has 1 N–H and O–H groups in total. The third-order valence-corrected chi connectivity index (χ3v) is 9.26. The zero-order valence-electron chi connectivity index (χ0n) is 18.1. The molecule has 1 amide bonds. The van der Waals surface area contributed by atoms with Crippen LogP contribution in [0.5, 0.6) is 0 Å². The summed E-state index contributed by atoms with van der Waals surface area (Å²) in [5.41, 5.74) is 0. The number of piperidine rings is 2. The van der Waals surface area contributed by atoms with E-state index in [9.17, 15) is 30.4 Å². The number of halogens is 2. The van der Waals surface area contributed by atoms with E-state index in [4.69, 9.17) is 0 Å². The summed E-state index contributed by atoms with van der Waals surface area (Å²) in [6.45, 7) is 3.51. The van der Waals surface area contributed by atoms with Crippen LogP contribution in [0.2, 0.25) is 0 Å². The molecule has 1 aromatic carbocycles. The first-order valence-electron chi connectivity index (χ1n) is 10.6. The first kappa shape index (κ1) is 25.0. The number of carbonyl (C=O) groups excluding carboxylic acids is 1. The molecule has 0 aliphatic carbocycles. The predicted molar refractivity (Wildman–Crippen MR) is 114 cm³/mol. The van der Waals surface area contributed by atoms with E-state index in [1.165, 1.54) is 33.5 Å². The number of amides is 1. The zero-order chi connectivity index (χ0) is 23.7. The summed E-state index contributed by atoms with van der Waals surface area (Å²) < 4.78 is 81.1. The van der Waals surface area contributed by atoms with Gasteiger partial charge >= 0.3 is 0 Å². The van der Waals surface area contributed by atoms with Crippen LogP contribution in [-0.4, -0.2) is 70.1 Å². The molecule has 0 unspecified atom stereocenters. The highest BCUT2D eigenvalue weighted by Gasteiger charge is 2.39. The van der Waals surface area contributed by atoms with E-state index in [1.54, 1.807) is 13.8 Å². The van der Waals surface area contributed by atoms with Gasteiger partial charge in [0.2, 0.25) is 26.0 Å². The van der Waals surface area contributed by atoms with Crippen LogP contribution in [0.1, 0.15) is 39.5 Å². The smallest absolute Gasteiger partial charge is 0.251 e. The van der Waals surface area contributed by atoms with Gasteiger partial charge in [0, 0.05) is 45.1 Å². The normalized spacial score (nSPS) is 22.8. The van der Waals surface area contributed by atoms with Crippen LogP contribution in [0.25, 0.3) is 0 Å². The quantitative estimate of drug-likeness (QED) is 0.653. The van der Waals surface area contributed by atoms with Crippen molar-refractivity contribution in [2.75, 3.05) is 26.2 Å². The maximum absolute atomic E-state index is 13.4. The Morgan fingerprint density at radius 3 is 2.16 bits per heavy atom. The summed E-state index contributed by atoms with van der Waals surface area (Å²) in [6, 6.07) is 4.64. The minimum absolute atomic E-state index is 0.0248. The van der Waals surface area contributed by atoms with Crippen molar-refractivity contribution in [2.24, 2.45) is 5.92 Å². The van der Waals surface area contributed by atoms with E-state index in [2.05, 4.69) is 4.72 Å². The van der Waals surface area contributed by atoms with Gasteiger partial charge in [0.1, 0.15) is 0 Å². The Morgan fingerprint density at radius 2 is 1.59 bits per heavy atom. The molecule has 180 valence electrons. The molecule has 1 atom stereocenters. The van der Waals surface area contributed by atoms with Gasteiger partial charge < -0.3 is 4.90 Å². The van der Waals surface area contributed by atoms with Gasteiger partial charge in [0.25, 0.3) is 5.92 Å². The average molecular weight is 494 g/mol. The Labute approximate surface area is 188 Å². The van der Waals surface area contributed by atoms with Crippen LogP contribution < -0.4 is 4.72 Å². The fourth-order valence-corrected chi connectivity index (χ4v) is 6.77. The molecule has 12 heteroatoms. The SMILES string of the molecule is CC(C)NS(=O)(=O)c1ccc(S(=O)(=O)N2CCC[C@@H](C(=O)N3CCC(F)(F)CC3)C2)cc1. The third kappa shape index (κ3) is 5.64. The lowest BCUT2D eigenvalue weighted by Crippen LogP contribution is -2.49. The Bertz CT molecular complexity index is 1030. The number of hydrogen-bond acceptors (Lipinski definition) is 5. The lowest BCUT2D eigenvalue weighted by molar-refractivity contribution is -0.142. The van der Waals surface area contributed by atoms with Crippen LogP contribution >= 0.6 is 0 Å². The molecule has 2 aliphatic heterocycles. The first-order valence-corrected chi connectivity index (χ1v) is 13.5. The second-order valence-corrected chi connectivity index (χ2v) is 12.3. The fourth-order valence-electron chi connectivity index (χ4n) is 3.99. The number of likely N-dealkylation sites (tertiary alicyclic amines) is 1. The number of benzene rings is 1. The summed E-state index contributed by atoms with van der Waals surface area (Å²) in [7, 11) is -7.69. The Balaban J connectivity index is 1.71. The maximum Gasteiger partial charge on any atom is 0.251 e. The Hall–Kier alpha value is -1.63. The van der Waals surface area contributed by atoms with Gasteiger partial charge in [-0.1, -0.05) is 0 Å². The van der Waals surface area contributed by atoms with E-state index < -0.39 is 31.9 Å². The van der Waals surface area contributed by atoms with Crippen LogP contribution in [0.4, 0.5) is 8.78 Å². The number of alkyl halides is 2. The molecular formula is C20H29F2N3O5S2. The van der Waals surface area contributed by atoms with Crippen LogP contribution in [0.3, 0.4) is 0 Å². The largest absolute Gasteiger partial charge is 0.342 e. The number of hydrogen-bond donors (Lipinski definition) is 1. The first-order chi connectivity index (χ1) is 14.8. The van der Waals surface area contributed by atoms with Gasteiger partial charge in [-0.25, -0.2) is 30.3 Å². The summed E-state index contributed by atoms with van der Waals surface area (Å²) in [4.78, 5) is 14.1. The van der Waals surface area contributed by atoms with E-state index in [1.807, 2.05) is 0 Å². The van der Waals surface area contributed by atoms with Gasteiger partial charge in [-0.15, -0.1) is 0 Å². The molecule has 2 saturated heterocycles. The van der Waals surface area contributed by atoms with Crippen LogP contribution in [-0.2, 0) is 24.8 Å². The van der Waals surface area contributed by atoms with Gasteiger partial charge in [-0.05, 0) is 51.0 Å². The van der Waals surface area contributed by atoms with Crippen molar-refractivity contribution < 1.29 is 30.4 Å². The van der Waals surface area contributed by atoms with Crippen LogP contribution in [0.15, 0.2) is 34.1 Å². The molecular weight excluding hydrogens is 464 g/mol. The second-order valence-electron chi connectivity index (χ2n) is 8.63. The number of nitrogens with one attached hydrogen (secondary N) is 1. The van der Waals surface area contributed by atoms with E-state index >= 15 is 0 Å². The van der Waals surface area contributed by atoms with Crippen molar-refractivity contribution >= 4 is 26.0 Å². The molecule has 0 radical (unpaired) electrons. The van der Waals surface area contributed by atoms with Crippen LogP contribution in [0, 0.1) is 5.92 Å². The van der Waals surface area contributed by atoms with E-state index in [-0.39, 0.29) is 60.8 Å². The highest BCUT2D eigenvalue weighted by Crippen LogP contribution is 2.30. The summed E-state index contributed by atoms with van der Waals surface area (Å²) >= 11 is 0. The molecule has 0 saturated carbocycles. The van der Waals surface area contributed by atoms with Crippen molar-refractivity contribution in [2.45, 2.75) is 61.3 Å². The molecule has 32 heavy (non-hydrogen) atoms. The lowest BCUT2D eigenvalue weighted by Gasteiger charge is -2.37. The fraction of sp³-hybridized carbons (Fsp3) is 0.650. The van der Waals surface area contributed by atoms with Crippen molar-refractivity contribution in [3.63, 3.8) is 0 Å². The van der Waals surface area contributed by atoms with Crippen molar-refractivity contribution in [3.8, 4) is 0 Å². The second kappa shape index (κ2) is 9.32. The molecule has 0 spiro atoms. The van der Waals surface area contributed by atoms with Crippen molar-refractivity contribution in [1.82, 2.24) is 13.9 Å². The van der Waals surface area contributed by atoms with Gasteiger partial charge in [-0.2, -0.15) is 4.31 Å². The minimum Gasteiger partial charge on any atom is -0.342 e. The highest BCUT2D eigenvalue weighted by atomic mass is 32.2. The molecule has 8 nitrogen and oxygen atoms in total. The monoisotopic (exact) mass is 493 g/mol.